The van der Waals surface area contributed by atoms with Crippen molar-refractivity contribution in [3.05, 3.63) is 59.4 Å². The number of amides is 2. The van der Waals surface area contributed by atoms with Gasteiger partial charge in [0, 0.05) is 19.3 Å². The lowest BCUT2D eigenvalue weighted by Crippen LogP contribution is -2.30. The Morgan fingerprint density at radius 1 is 1.28 bits per heavy atom. The summed E-state index contributed by atoms with van der Waals surface area (Å²) in [5.41, 5.74) is 3.01. The van der Waals surface area contributed by atoms with Crippen LogP contribution in [0.15, 0.2) is 42.5 Å². The summed E-state index contributed by atoms with van der Waals surface area (Å²) < 4.78 is 18.5. The summed E-state index contributed by atoms with van der Waals surface area (Å²) in [6, 6.07) is 11.8. The molecule has 0 bridgehead atoms. The highest BCUT2D eigenvalue weighted by Gasteiger charge is 2.23. The molecule has 1 heterocycles. The normalized spacial score (nSPS) is 12.9. The summed E-state index contributed by atoms with van der Waals surface area (Å²) in [7, 11) is 1.77. The average molecular weight is 342 g/mol. The second kappa shape index (κ2) is 7.34. The number of hydrogen-bond acceptors (Lipinski definition) is 3. The highest BCUT2D eigenvalue weighted by molar-refractivity contribution is 6.00. The minimum atomic E-state index is -0.493. The van der Waals surface area contributed by atoms with Gasteiger partial charge in [0.05, 0.1) is 6.42 Å². The number of hydrogen-bond donors (Lipinski definition) is 1. The molecule has 6 heteroatoms. The van der Waals surface area contributed by atoms with Crippen LogP contribution < -0.4 is 15.0 Å². The molecule has 25 heavy (non-hydrogen) atoms. The van der Waals surface area contributed by atoms with E-state index in [1.807, 2.05) is 18.2 Å². The zero-order chi connectivity index (χ0) is 17.8. The first-order valence-corrected chi connectivity index (χ1v) is 8.07. The van der Waals surface area contributed by atoms with Crippen molar-refractivity contribution in [2.75, 3.05) is 25.1 Å². The molecule has 2 amide bonds. The Bertz CT molecular complexity index is 807. The molecule has 5 nitrogen and oxygen atoms in total. The predicted octanol–water partition coefficient (Wildman–Crippen LogP) is 2.08. The molecule has 0 spiro atoms. The Kier molecular flexibility index (Phi) is 4.97. The van der Waals surface area contributed by atoms with Crippen LogP contribution in [0.5, 0.6) is 5.75 Å². The number of para-hydroxylation sites is 1. The molecule has 2 aromatic rings. The van der Waals surface area contributed by atoms with Crippen molar-refractivity contribution in [1.29, 1.82) is 0 Å². The van der Waals surface area contributed by atoms with Crippen molar-refractivity contribution >= 4 is 17.5 Å². The first-order chi connectivity index (χ1) is 12.0. The first-order valence-electron chi connectivity index (χ1n) is 8.07. The zero-order valence-corrected chi connectivity index (χ0v) is 13.9. The third kappa shape index (κ3) is 3.96. The van der Waals surface area contributed by atoms with Crippen molar-refractivity contribution < 1.29 is 18.7 Å². The highest BCUT2D eigenvalue weighted by atomic mass is 19.1. The lowest BCUT2D eigenvalue weighted by atomic mass is 10.1. The second-order valence-electron chi connectivity index (χ2n) is 5.91. The van der Waals surface area contributed by atoms with Gasteiger partial charge in [-0.3, -0.25) is 9.59 Å². The van der Waals surface area contributed by atoms with Crippen LogP contribution in [0.25, 0.3) is 0 Å². The third-order valence-corrected chi connectivity index (χ3v) is 4.15. The van der Waals surface area contributed by atoms with Gasteiger partial charge in [-0.25, -0.2) is 4.39 Å². The zero-order valence-electron chi connectivity index (χ0n) is 13.9. The third-order valence-electron chi connectivity index (χ3n) is 4.15. The van der Waals surface area contributed by atoms with E-state index in [-0.39, 0.29) is 24.2 Å². The Morgan fingerprint density at radius 3 is 2.88 bits per heavy atom. The molecule has 0 aliphatic carbocycles. The van der Waals surface area contributed by atoms with E-state index >= 15 is 0 Å². The standard InChI is InChI=1S/C19H19FN2O3/c1-22-16-7-6-13(10-14(16)11-19(22)24)8-9-21-18(23)12-25-17-5-3-2-4-15(17)20/h2-7,10H,8-9,11-12H2,1H3,(H,21,23). The van der Waals surface area contributed by atoms with Crippen molar-refractivity contribution in [2.45, 2.75) is 12.8 Å². The summed E-state index contributed by atoms with van der Waals surface area (Å²) in [5.74, 6) is -0.650. The lowest BCUT2D eigenvalue weighted by Gasteiger charge is -2.11. The Morgan fingerprint density at radius 2 is 2.08 bits per heavy atom. The Labute approximate surface area is 145 Å². The quantitative estimate of drug-likeness (QED) is 0.874. The Hall–Kier alpha value is -2.89. The molecular formula is C19H19FN2O3. The maximum atomic E-state index is 13.4. The van der Waals surface area contributed by atoms with Gasteiger partial charge in [0.2, 0.25) is 5.91 Å². The van der Waals surface area contributed by atoms with E-state index < -0.39 is 5.82 Å². The largest absolute Gasteiger partial charge is 0.481 e. The van der Waals surface area contributed by atoms with E-state index in [9.17, 15) is 14.0 Å². The summed E-state index contributed by atoms with van der Waals surface area (Å²) in [6.07, 6.45) is 1.07. The summed E-state index contributed by atoms with van der Waals surface area (Å²) in [5, 5.41) is 2.74. The number of ether oxygens (including phenoxy) is 1. The van der Waals surface area contributed by atoms with Crippen LogP contribution >= 0.6 is 0 Å². The molecule has 1 aliphatic rings. The fourth-order valence-corrected chi connectivity index (χ4v) is 2.78. The van der Waals surface area contributed by atoms with Gasteiger partial charge in [-0.1, -0.05) is 24.3 Å². The van der Waals surface area contributed by atoms with Gasteiger partial charge in [-0.05, 0) is 35.7 Å². The molecule has 0 unspecified atom stereocenters. The minimum absolute atomic E-state index is 0.0602. The highest BCUT2D eigenvalue weighted by Crippen LogP contribution is 2.28. The molecule has 0 saturated carbocycles. The molecule has 0 fully saturated rings. The van der Waals surface area contributed by atoms with E-state index in [4.69, 9.17) is 4.74 Å². The van der Waals surface area contributed by atoms with E-state index in [0.717, 1.165) is 16.8 Å². The van der Waals surface area contributed by atoms with Crippen molar-refractivity contribution in [3.8, 4) is 5.75 Å². The summed E-state index contributed by atoms with van der Waals surface area (Å²) in [6.45, 7) is 0.215. The van der Waals surface area contributed by atoms with Gasteiger partial charge < -0.3 is 15.0 Å². The second-order valence-corrected chi connectivity index (χ2v) is 5.91. The predicted molar refractivity (Wildman–Crippen MR) is 92.2 cm³/mol. The van der Waals surface area contributed by atoms with Crippen LogP contribution in [0.3, 0.4) is 0 Å². The minimum Gasteiger partial charge on any atom is -0.481 e. The number of halogens is 1. The topological polar surface area (TPSA) is 58.6 Å². The van der Waals surface area contributed by atoms with E-state index in [0.29, 0.717) is 19.4 Å². The summed E-state index contributed by atoms with van der Waals surface area (Å²) >= 11 is 0. The molecule has 130 valence electrons. The van der Waals surface area contributed by atoms with Crippen LogP contribution in [0.4, 0.5) is 10.1 Å². The number of anilines is 1. The van der Waals surface area contributed by atoms with E-state index in [1.165, 1.54) is 12.1 Å². The number of likely N-dealkylation sites (N-methyl/N-ethyl adjacent to an activating group) is 1. The fraction of sp³-hybridized carbons (Fsp3) is 0.263. The van der Waals surface area contributed by atoms with Gasteiger partial charge in [0.15, 0.2) is 18.2 Å². The van der Waals surface area contributed by atoms with E-state index in [2.05, 4.69) is 5.32 Å². The van der Waals surface area contributed by atoms with E-state index in [1.54, 1.807) is 24.1 Å². The van der Waals surface area contributed by atoms with Gasteiger partial charge in [0.1, 0.15) is 0 Å². The fourth-order valence-electron chi connectivity index (χ4n) is 2.78. The van der Waals surface area contributed by atoms with Crippen LogP contribution in [-0.4, -0.2) is 32.0 Å². The molecule has 1 aliphatic heterocycles. The SMILES string of the molecule is CN1C(=O)Cc2cc(CCNC(=O)COc3ccccc3F)ccc21. The number of nitrogens with one attached hydrogen (secondary N) is 1. The van der Waals surface area contributed by atoms with Crippen molar-refractivity contribution in [3.63, 3.8) is 0 Å². The molecule has 1 N–H and O–H groups in total. The Balaban J connectivity index is 1.45. The van der Waals surface area contributed by atoms with Crippen LogP contribution in [-0.2, 0) is 22.4 Å². The molecular weight excluding hydrogens is 323 g/mol. The summed E-state index contributed by atoms with van der Waals surface area (Å²) in [4.78, 5) is 25.1. The molecule has 0 atom stereocenters. The van der Waals surface area contributed by atoms with Gasteiger partial charge in [0.25, 0.3) is 5.91 Å². The van der Waals surface area contributed by atoms with Crippen molar-refractivity contribution in [2.24, 2.45) is 0 Å². The molecule has 2 aromatic carbocycles. The van der Waals surface area contributed by atoms with Crippen LogP contribution in [0.2, 0.25) is 0 Å². The number of rotatable bonds is 6. The maximum Gasteiger partial charge on any atom is 0.257 e. The molecule has 0 saturated heterocycles. The van der Waals surface area contributed by atoms with Crippen molar-refractivity contribution in [1.82, 2.24) is 5.32 Å². The van der Waals surface area contributed by atoms with Gasteiger partial charge in [-0.15, -0.1) is 0 Å². The number of carbonyl (C=O) groups is 2. The number of benzene rings is 2. The smallest absolute Gasteiger partial charge is 0.257 e. The average Bonchev–Trinajstić information content (AvgIpc) is 2.88. The monoisotopic (exact) mass is 342 g/mol. The number of carbonyl (C=O) groups excluding carboxylic acids is 2. The van der Waals surface area contributed by atoms with Crippen LogP contribution in [0, 0.1) is 5.82 Å². The molecule has 0 radical (unpaired) electrons. The number of fused-ring (bicyclic) bond motifs is 1. The van der Waals surface area contributed by atoms with Gasteiger partial charge >= 0.3 is 0 Å². The maximum absolute atomic E-state index is 13.4. The molecule has 3 rings (SSSR count). The lowest BCUT2D eigenvalue weighted by molar-refractivity contribution is -0.123. The molecule has 0 aromatic heterocycles. The first kappa shape index (κ1) is 17.0. The number of nitrogens with zero attached hydrogens (tertiary/aromatic N) is 1. The van der Waals surface area contributed by atoms with Crippen LogP contribution in [0.1, 0.15) is 11.1 Å². The van der Waals surface area contributed by atoms with Gasteiger partial charge in [-0.2, -0.15) is 0 Å².